The molecule has 0 aliphatic rings. The van der Waals surface area contributed by atoms with Crippen LogP contribution in [-0.2, 0) is 4.79 Å². The van der Waals surface area contributed by atoms with Crippen LogP contribution in [0, 0.1) is 0 Å². The van der Waals surface area contributed by atoms with Crippen molar-refractivity contribution in [2.45, 2.75) is 32.2 Å². The van der Waals surface area contributed by atoms with E-state index in [1.165, 1.54) is 0 Å². The fourth-order valence-electron chi connectivity index (χ4n) is 2.16. The number of carbonyl (C=O) groups is 1. The zero-order valence-corrected chi connectivity index (χ0v) is 13.7. The highest BCUT2D eigenvalue weighted by Gasteiger charge is 2.21. The maximum Gasteiger partial charge on any atom is 0.305 e. The van der Waals surface area contributed by atoms with Gasteiger partial charge in [-0.25, -0.2) is 4.68 Å². The number of carboxylic acid groups (broad SMARTS) is 1. The molecule has 0 bridgehead atoms. The summed E-state index contributed by atoms with van der Waals surface area (Å²) in [7, 11) is 0. The lowest BCUT2D eigenvalue weighted by Crippen LogP contribution is -2.16. The van der Waals surface area contributed by atoms with Gasteiger partial charge in [-0.3, -0.25) is 4.79 Å². The van der Waals surface area contributed by atoms with Crippen molar-refractivity contribution in [3.8, 4) is 11.4 Å². The van der Waals surface area contributed by atoms with Gasteiger partial charge >= 0.3 is 5.97 Å². The van der Waals surface area contributed by atoms with Gasteiger partial charge in [0, 0.05) is 15.1 Å². The van der Waals surface area contributed by atoms with E-state index in [4.69, 9.17) is 16.7 Å². The molecule has 0 fully saturated rings. The quantitative estimate of drug-likeness (QED) is 0.837. The smallest absolute Gasteiger partial charge is 0.305 e. The largest absolute Gasteiger partial charge is 0.481 e. The molecule has 6 nitrogen and oxygen atoms in total. The SMILES string of the molecule is CCCC(CC(=O)O)n1nnnc1-c1cc(Cl)cc(Br)c1. The molecular formula is C13H14BrClN4O2. The van der Waals surface area contributed by atoms with E-state index in [2.05, 4.69) is 31.5 Å². The molecule has 0 aliphatic carbocycles. The molecule has 1 N–H and O–H groups in total. The van der Waals surface area contributed by atoms with E-state index in [1.807, 2.05) is 13.0 Å². The van der Waals surface area contributed by atoms with E-state index in [-0.39, 0.29) is 12.5 Å². The molecule has 0 radical (unpaired) electrons. The number of halogens is 2. The lowest BCUT2D eigenvalue weighted by Gasteiger charge is -2.15. The van der Waals surface area contributed by atoms with Gasteiger partial charge in [0.1, 0.15) is 0 Å². The maximum atomic E-state index is 11.0. The Kier molecular flexibility index (Phi) is 5.30. The summed E-state index contributed by atoms with van der Waals surface area (Å²) in [5.41, 5.74) is 0.742. The molecule has 2 aromatic rings. The Bertz CT molecular complexity index is 627. The average molecular weight is 374 g/mol. The second-order valence-corrected chi connectivity index (χ2v) is 6.00. The summed E-state index contributed by atoms with van der Waals surface area (Å²) in [5, 5.41) is 21.2. The molecule has 1 atom stereocenters. The van der Waals surface area contributed by atoms with Crippen LogP contribution in [0.5, 0.6) is 0 Å². The minimum absolute atomic E-state index is 0.0202. The molecule has 1 heterocycles. The zero-order chi connectivity index (χ0) is 15.4. The third kappa shape index (κ3) is 4.01. The lowest BCUT2D eigenvalue weighted by molar-refractivity contribution is -0.138. The summed E-state index contributed by atoms with van der Waals surface area (Å²) >= 11 is 9.42. The molecule has 1 aromatic carbocycles. The van der Waals surface area contributed by atoms with Crippen molar-refractivity contribution in [1.29, 1.82) is 0 Å². The van der Waals surface area contributed by atoms with Crippen molar-refractivity contribution >= 4 is 33.5 Å². The number of rotatable bonds is 6. The van der Waals surface area contributed by atoms with Gasteiger partial charge in [0.2, 0.25) is 0 Å². The number of hydrogen-bond acceptors (Lipinski definition) is 4. The van der Waals surface area contributed by atoms with Gasteiger partial charge in [0.05, 0.1) is 12.5 Å². The maximum absolute atomic E-state index is 11.0. The number of benzene rings is 1. The Morgan fingerprint density at radius 3 is 2.86 bits per heavy atom. The van der Waals surface area contributed by atoms with Gasteiger partial charge in [-0.1, -0.05) is 40.9 Å². The summed E-state index contributed by atoms with van der Waals surface area (Å²) < 4.78 is 2.38. The Morgan fingerprint density at radius 1 is 1.48 bits per heavy atom. The monoisotopic (exact) mass is 372 g/mol. The average Bonchev–Trinajstić information content (AvgIpc) is 2.85. The molecule has 0 aliphatic heterocycles. The zero-order valence-electron chi connectivity index (χ0n) is 11.3. The van der Waals surface area contributed by atoms with Crippen LogP contribution in [0.2, 0.25) is 5.02 Å². The van der Waals surface area contributed by atoms with Crippen LogP contribution in [0.1, 0.15) is 32.2 Å². The molecule has 8 heteroatoms. The molecule has 0 saturated heterocycles. The van der Waals surface area contributed by atoms with E-state index >= 15 is 0 Å². The Labute approximate surface area is 135 Å². The van der Waals surface area contributed by atoms with Gasteiger partial charge in [-0.2, -0.15) is 0 Å². The number of aliphatic carboxylic acids is 1. The molecule has 1 unspecified atom stereocenters. The minimum Gasteiger partial charge on any atom is -0.481 e. The molecule has 2 rings (SSSR count). The van der Waals surface area contributed by atoms with Crippen molar-refractivity contribution in [2.75, 3.05) is 0 Å². The van der Waals surface area contributed by atoms with Crippen molar-refractivity contribution in [1.82, 2.24) is 20.2 Å². The first-order chi connectivity index (χ1) is 10.0. The Morgan fingerprint density at radius 2 is 2.24 bits per heavy atom. The van der Waals surface area contributed by atoms with Crippen molar-refractivity contribution in [3.05, 3.63) is 27.7 Å². The van der Waals surface area contributed by atoms with Crippen LogP contribution < -0.4 is 0 Å². The van der Waals surface area contributed by atoms with Crippen LogP contribution in [-0.4, -0.2) is 31.3 Å². The van der Waals surface area contributed by atoms with Crippen molar-refractivity contribution in [3.63, 3.8) is 0 Å². The first kappa shape index (κ1) is 15.9. The first-order valence-electron chi connectivity index (χ1n) is 6.47. The third-order valence-corrected chi connectivity index (χ3v) is 3.67. The molecule has 0 amide bonds. The van der Waals surface area contributed by atoms with Crippen molar-refractivity contribution in [2.24, 2.45) is 0 Å². The summed E-state index contributed by atoms with van der Waals surface area (Å²) in [4.78, 5) is 11.0. The first-order valence-corrected chi connectivity index (χ1v) is 7.64. The summed E-state index contributed by atoms with van der Waals surface area (Å²) in [6.45, 7) is 1.99. The van der Waals surface area contributed by atoms with E-state index < -0.39 is 5.97 Å². The van der Waals surface area contributed by atoms with Gasteiger partial charge in [-0.05, 0) is 35.0 Å². The molecule has 1 aromatic heterocycles. The van der Waals surface area contributed by atoms with E-state index in [0.717, 1.165) is 16.5 Å². The predicted octanol–water partition coefficient (Wildman–Crippen LogP) is 3.57. The highest BCUT2D eigenvalue weighted by molar-refractivity contribution is 9.10. The van der Waals surface area contributed by atoms with Crippen LogP contribution >= 0.6 is 27.5 Å². The van der Waals surface area contributed by atoms with Crippen LogP contribution in [0.15, 0.2) is 22.7 Å². The summed E-state index contributed by atoms with van der Waals surface area (Å²) in [6.07, 6.45) is 1.51. The molecule has 0 spiro atoms. The lowest BCUT2D eigenvalue weighted by atomic mass is 10.1. The van der Waals surface area contributed by atoms with Crippen LogP contribution in [0.3, 0.4) is 0 Å². The Balaban J connectivity index is 2.42. The van der Waals surface area contributed by atoms with Gasteiger partial charge in [0.25, 0.3) is 0 Å². The topological polar surface area (TPSA) is 80.9 Å². The number of aromatic nitrogens is 4. The highest BCUT2D eigenvalue weighted by atomic mass is 79.9. The van der Waals surface area contributed by atoms with Gasteiger partial charge in [0.15, 0.2) is 5.82 Å². The number of nitrogens with zero attached hydrogens (tertiary/aromatic N) is 4. The predicted molar refractivity (Wildman–Crippen MR) is 82.2 cm³/mol. The number of carboxylic acids is 1. The van der Waals surface area contributed by atoms with E-state index in [9.17, 15) is 4.79 Å². The molecular weight excluding hydrogens is 360 g/mol. The summed E-state index contributed by atoms with van der Waals surface area (Å²) in [5.74, 6) is -0.361. The molecule has 112 valence electrons. The number of hydrogen-bond donors (Lipinski definition) is 1. The second kappa shape index (κ2) is 7.00. The number of tetrazole rings is 1. The normalized spacial score (nSPS) is 12.3. The van der Waals surface area contributed by atoms with Crippen molar-refractivity contribution < 1.29 is 9.90 Å². The molecule has 21 heavy (non-hydrogen) atoms. The fourth-order valence-corrected chi connectivity index (χ4v) is 3.02. The summed E-state index contributed by atoms with van der Waals surface area (Å²) in [6, 6.07) is 5.08. The molecule has 0 saturated carbocycles. The Hall–Kier alpha value is -1.47. The van der Waals surface area contributed by atoms with E-state index in [1.54, 1.807) is 16.8 Å². The van der Waals surface area contributed by atoms with Gasteiger partial charge < -0.3 is 5.11 Å². The van der Waals surface area contributed by atoms with Crippen LogP contribution in [0.4, 0.5) is 0 Å². The van der Waals surface area contributed by atoms with E-state index in [0.29, 0.717) is 17.3 Å². The highest BCUT2D eigenvalue weighted by Crippen LogP contribution is 2.28. The standard InChI is InChI=1S/C13H14BrClN4O2/c1-2-3-11(7-12(20)21)19-13(16-17-18-19)8-4-9(14)6-10(15)5-8/h4-6,11H,2-3,7H2,1H3,(H,20,21). The third-order valence-electron chi connectivity index (χ3n) is 2.99. The second-order valence-electron chi connectivity index (χ2n) is 4.65. The van der Waals surface area contributed by atoms with Crippen LogP contribution in [0.25, 0.3) is 11.4 Å². The van der Waals surface area contributed by atoms with Gasteiger partial charge in [-0.15, -0.1) is 5.10 Å². The minimum atomic E-state index is -0.873. The fraction of sp³-hybridized carbons (Fsp3) is 0.385.